The molecule has 0 fully saturated rings. The van der Waals surface area contributed by atoms with Crippen LogP contribution in [0.4, 0.5) is 9.18 Å². The van der Waals surface area contributed by atoms with E-state index >= 15 is 0 Å². The number of likely N-dealkylation sites (N-methyl/N-ethyl adjacent to an activating group) is 1. The second-order valence-corrected chi connectivity index (χ2v) is 6.10. The molecule has 0 radical (unpaired) electrons. The zero-order valence-electron chi connectivity index (χ0n) is 15.3. The minimum absolute atomic E-state index is 0.107. The Morgan fingerprint density at radius 3 is 2.40 bits per heavy atom. The average molecular weight is 349 g/mol. The van der Waals surface area contributed by atoms with Gasteiger partial charge in [-0.15, -0.1) is 0 Å². The zero-order chi connectivity index (χ0) is 18.8. The second kappa shape index (κ2) is 10.5. The highest BCUT2D eigenvalue weighted by molar-refractivity contribution is 5.87. The fourth-order valence-corrected chi connectivity index (χ4v) is 2.43. The molecule has 0 spiro atoms. The number of amides is 3. The molecule has 0 saturated carbocycles. The summed E-state index contributed by atoms with van der Waals surface area (Å²) in [6, 6.07) is 4.91. The van der Waals surface area contributed by atoms with Crippen molar-refractivity contribution in [2.45, 2.75) is 46.2 Å². The molecule has 1 aromatic carbocycles. The van der Waals surface area contributed by atoms with Gasteiger partial charge in [0.1, 0.15) is 11.9 Å². The summed E-state index contributed by atoms with van der Waals surface area (Å²) in [6.45, 7) is 10.9. The fraction of sp³-hybridized carbons (Fsp3) is 0.474. The standard InChI is InChI=1S/C19H28FN3O2/c1-5-7-17(18(24)23(6-2)13-14(3)4)22-19(25)21-12-15-8-10-16(20)11-9-15/h8-11,17H,3,5-7,12-13H2,1-2,4H3,(H2,21,22,25). The number of carbonyl (C=O) groups excluding carboxylic acids is 2. The van der Waals surface area contributed by atoms with Crippen molar-refractivity contribution in [1.82, 2.24) is 15.5 Å². The van der Waals surface area contributed by atoms with Crippen LogP contribution in [0.5, 0.6) is 0 Å². The lowest BCUT2D eigenvalue weighted by Gasteiger charge is -2.27. The summed E-state index contributed by atoms with van der Waals surface area (Å²) in [5.41, 5.74) is 1.68. The van der Waals surface area contributed by atoms with Gasteiger partial charge in [-0.25, -0.2) is 9.18 Å². The molecule has 2 N–H and O–H groups in total. The Morgan fingerprint density at radius 2 is 1.88 bits per heavy atom. The molecule has 1 aromatic rings. The molecule has 0 aliphatic carbocycles. The van der Waals surface area contributed by atoms with E-state index in [9.17, 15) is 14.0 Å². The normalized spacial score (nSPS) is 11.5. The number of nitrogens with one attached hydrogen (secondary N) is 2. The van der Waals surface area contributed by atoms with Gasteiger partial charge in [-0.1, -0.05) is 37.6 Å². The number of nitrogens with zero attached hydrogens (tertiary/aromatic N) is 1. The molecule has 1 unspecified atom stereocenters. The molecule has 1 rings (SSSR count). The second-order valence-electron chi connectivity index (χ2n) is 6.10. The lowest BCUT2D eigenvalue weighted by atomic mass is 10.1. The summed E-state index contributed by atoms with van der Waals surface area (Å²) in [6.07, 6.45) is 1.34. The Hall–Kier alpha value is -2.37. The third kappa shape index (κ3) is 7.37. The summed E-state index contributed by atoms with van der Waals surface area (Å²) in [7, 11) is 0. The molecule has 6 heteroatoms. The van der Waals surface area contributed by atoms with E-state index in [0.29, 0.717) is 19.5 Å². The molecule has 0 aliphatic heterocycles. The van der Waals surface area contributed by atoms with Gasteiger partial charge >= 0.3 is 6.03 Å². The SMILES string of the molecule is C=C(C)CN(CC)C(=O)C(CCC)NC(=O)NCc1ccc(F)cc1. The minimum atomic E-state index is -0.572. The van der Waals surface area contributed by atoms with Crippen LogP contribution in [-0.4, -0.2) is 36.0 Å². The van der Waals surface area contributed by atoms with Crippen LogP contribution in [0.3, 0.4) is 0 Å². The smallest absolute Gasteiger partial charge is 0.315 e. The Bertz CT molecular complexity index is 587. The Balaban J connectivity index is 2.62. The van der Waals surface area contributed by atoms with E-state index in [4.69, 9.17) is 0 Å². The molecule has 0 bridgehead atoms. The largest absolute Gasteiger partial charge is 0.337 e. The highest BCUT2D eigenvalue weighted by atomic mass is 19.1. The molecule has 3 amide bonds. The maximum Gasteiger partial charge on any atom is 0.315 e. The van der Waals surface area contributed by atoms with Crippen LogP contribution in [0, 0.1) is 5.82 Å². The molecule has 0 heterocycles. The summed E-state index contributed by atoms with van der Waals surface area (Å²) < 4.78 is 12.9. The summed E-state index contributed by atoms with van der Waals surface area (Å²) in [5.74, 6) is -0.428. The van der Waals surface area contributed by atoms with Crippen LogP contribution in [-0.2, 0) is 11.3 Å². The highest BCUT2D eigenvalue weighted by Gasteiger charge is 2.24. The first-order valence-corrected chi connectivity index (χ1v) is 8.59. The van der Waals surface area contributed by atoms with Crippen LogP contribution in [0.15, 0.2) is 36.4 Å². The first kappa shape index (κ1) is 20.7. The number of hydrogen-bond donors (Lipinski definition) is 2. The van der Waals surface area contributed by atoms with E-state index in [1.54, 1.807) is 17.0 Å². The van der Waals surface area contributed by atoms with Crippen LogP contribution in [0.25, 0.3) is 0 Å². The van der Waals surface area contributed by atoms with Crippen molar-refractivity contribution < 1.29 is 14.0 Å². The van der Waals surface area contributed by atoms with Crippen LogP contribution in [0.2, 0.25) is 0 Å². The predicted octanol–water partition coefficient (Wildman–Crippen LogP) is 3.22. The number of rotatable bonds is 9. The number of benzene rings is 1. The van der Waals surface area contributed by atoms with Gasteiger partial charge in [0.05, 0.1) is 0 Å². The maximum absolute atomic E-state index is 12.9. The van der Waals surface area contributed by atoms with E-state index in [0.717, 1.165) is 17.6 Å². The average Bonchev–Trinajstić information content (AvgIpc) is 2.58. The van der Waals surface area contributed by atoms with Gasteiger partial charge in [0.15, 0.2) is 0 Å². The zero-order valence-corrected chi connectivity index (χ0v) is 15.3. The molecule has 1 atom stereocenters. The molecule has 25 heavy (non-hydrogen) atoms. The van der Waals surface area contributed by atoms with Crippen molar-refractivity contribution in [2.24, 2.45) is 0 Å². The number of carbonyl (C=O) groups is 2. The molecular formula is C19H28FN3O2. The Kier molecular flexibility index (Phi) is 8.67. The molecular weight excluding hydrogens is 321 g/mol. The van der Waals surface area contributed by atoms with Gasteiger partial charge < -0.3 is 15.5 Å². The predicted molar refractivity (Wildman–Crippen MR) is 97.5 cm³/mol. The molecule has 0 saturated heterocycles. The molecule has 0 aromatic heterocycles. The lowest BCUT2D eigenvalue weighted by molar-refractivity contribution is -0.132. The van der Waals surface area contributed by atoms with Gasteiger partial charge in [-0.3, -0.25) is 4.79 Å². The van der Waals surface area contributed by atoms with Crippen molar-refractivity contribution in [1.29, 1.82) is 0 Å². The van der Waals surface area contributed by atoms with E-state index in [-0.39, 0.29) is 18.3 Å². The van der Waals surface area contributed by atoms with Gasteiger partial charge in [-0.2, -0.15) is 0 Å². The lowest BCUT2D eigenvalue weighted by Crippen LogP contribution is -2.51. The van der Waals surface area contributed by atoms with Crippen molar-refractivity contribution >= 4 is 11.9 Å². The van der Waals surface area contributed by atoms with Crippen molar-refractivity contribution in [2.75, 3.05) is 13.1 Å². The van der Waals surface area contributed by atoms with Crippen LogP contribution < -0.4 is 10.6 Å². The minimum Gasteiger partial charge on any atom is -0.337 e. The van der Waals surface area contributed by atoms with Crippen molar-refractivity contribution in [3.05, 3.63) is 47.8 Å². The third-order valence-corrected chi connectivity index (χ3v) is 3.70. The maximum atomic E-state index is 12.9. The van der Waals surface area contributed by atoms with E-state index in [1.807, 2.05) is 20.8 Å². The number of halogens is 1. The van der Waals surface area contributed by atoms with E-state index < -0.39 is 12.1 Å². The molecule has 0 aliphatic rings. The first-order valence-electron chi connectivity index (χ1n) is 8.59. The van der Waals surface area contributed by atoms with E-state index in [1.165, 1.54) is 12.1 Å². The highest BCUT2D eigenvalue weighted by Crippen LogP contribution is 2.06. The Morgan fingerprint density at radius 1 is 1.24 bits per heavy atom. The quantitative estimate of drug-likeness (QED) is 0.673. The topological polar surface area (TPSA) is 61.4 Å². The van der Waals surface area contributed by atoms with Gasteiger partial charge in [0, 0.05) is 19.6 Å². The van der Waals surface area contributed by atoms with Gasteiger partial charge in [-0.05, 0) is 38.0 Å². The van der Waals surface area contributed by atoms with Crippen molar-refractivity contribution in [3.63, 3.8) is 0 Å². The van der Waals surface area contributed by atoms with Gasteiger partial charge in [0.2, 0.25) is 5.91 Å². The summed E-state index contributed by atoms with van der Waals surface area (Å²) >= 11 is 0. The Labute approximate surface area is 149 Å². The number of urea groups is 1. The monoisotopic (exact) mass is 349 g/mol. The molecule has 5 nitrogen and oxygen atoms in total. The van der Waals surface area contributed by atoms with Crippen molar-refractivity contribution in [3.8, 4) is 0 Å². The van der Waals surface area contributed by atoms with Crippen LogP contribution >= 0.6 is 0 Å². The third-order valence-electron chi connectivity index (χ3n) is 3.70. The fourth-order valence-electron chi connectivity index (χ4n) is 2.43. The number of hydrogen-bond acceptors (Lipinski definition) is 2. The summed E-state index contributed by atoms with van der Waals surface area (Å²) in [4.78, 5) is 26.5. The van der Waals surface area contributed by atoms with Crippen LogP contribution in [0.1, 0.15) is 39.2 Å². The van der Waals surface area contributed by atoms with Gasteiger partial charge in [0.25, 0.3) is 0 Å². The summed E-state index contributed by atoms with van der Waals surface area (Å²) in [5, 5.41) is 5.44. The first-order chi connectivity index (χ1) is 11.9. The molecule has 138 valence electrons. The van der Waals surface area contributed by atoms with E-state index in [2.05, 4.69) is 17.2 Å².